The molecular formula is C9H7Br2ClO2. The molecule has 1 aromatic carbocycles. The molecule has 0 unspecified atom stereocenters. The average Bonchev–Trinajstić information content (AvgIpc) is 2.16. The third kappa shape index (κ3) is 2.49. The van der Waals surface area contributed by atoms with Crippen LogP contribution in [0.1, 0.15) is 19.7 Å². The topological polar surface area (TPSA) is 26.3 Å². The minimum atomic E-state index is -0.436. The van der Waals surface area contributed by atoms with Gasteiger partial charge in [-0.25, -0.2) is 4.79 Å². The zero-order chi connectivity index (χ0) is 10.7. The molecule has 0 spiro atoms. The van der Waals surface area contributed by atoms with E-state index in [0.717, 1.165) is 5.56 Å². The minimum absolute atomic E-state index is 0.122. The number of carbonyl (C=O) groups is 1. The van der Waals surface area contributed by atoms with Gasteiger partial charge in [-0.15, -0.1) is 0 Å². The van der Waals surface area contributed by atoms with E-state index in [1.165, 1.54) is 7.11 Å². The molecule has 0 bridgehead atoms. The van der Waals surface area contributed by atoms with Gasteiger partial charge in [-0.1, -0.05) is 55.6 Å². The summed E-state index contributed by atoms with van der Waals surface area (Å²) in [4.78, 5) is 11.4. The van der Waals surface area contributed by atoms with Crippen molar-refractivity contribution < 1.29 is 9.53 Å². The normalized spacial score (nSPS) is 10.4. The van der Waals surface area contributed by atoms with E-state index >= 15 is 0 Å². The van der Waals surface area contributed by atoms with Crippen molar-refractivity contribution in [1.82, 2.24) is 0 Å². The van der Waals surface area contributed by atoms with Crippen LogP contribution in [0.2, 0.25) is 5.02 Å². The summed E-state index contributed by atoms with van der Waals surface area (Å²) in [6.45, 7) is 0. The van der Waals surface area contributed by atoms with Crippen LogP contribution in [0.5, 0.6) is 0 Å². The SMILES string of the molecule is COC(=O)c1c(Cl)cccc1C(Br)Br. The Morgan fingerprint density at radius 1 is 1.50 bits per heavy atom. The van der Waals surface area contributed by atoms with Gasteiger partial charge in [0, 0.05) is 0 Å². The van der Waals surface area contributed by atoms with E-state index in [9.17, 15) is 4.79 Å². The number of alkyl halides is 2. The molecule has 0 aliphatic carbocycles. The van der Waals surface area contributed by atoms with Crippen molar-refractivity contribution in [2.45, 2.75) is 3.74 Å². The highest BCUT2D eigenvalue weighted by molar-refractivity contribution is 9.24. The monoisotopic (exact) mass is 340 g/mol. The molecule has 0 aliphatic rings. The van der Waals surface area contributed by atoms with E-state index in [0.29, 0.717) is 10.6 Å². The molecular weight excluding hydrogens is 335 g/mol. The lowest BCUT2D eigenvalue weighted by atomic mass is 10.1. The van der Waals surface area contributed by atoms with Crippen LogP contribution in [0.4, 0.5) is 0 Å². The maximum absolute atomic E-state index is 11.4. The van der Waals surface area contributed by atoms with Gasteiger partial charge in [-0.05, 0) is 11.6 Å². The van der Waals surface area contributed by atoms with E-state index < -0.39 is 5.97 Å². The molecule has 0 N–H and O–H groups in total. The molecule has 5 heteroatoms. The van der Waals surface area contributed by atoms with Gasteiger partial charge >= 0.3 is 5.97 Å². The molecule has 1 rings (SSSR count). The summed E-state index contributed by atoms with van der Waals surface area (Å²) in [6.07, 6.45) is 0. The van der Waals surface area contributed by atoms with Crippen LogP contribution in [-0.2, 0) is 4.74 Å². The van der Waals surface area contributed by atoms with Crippen molar-refractivity contribution in [1.29, 1.82) is 0 Å². The summed E-state index contributed by atoms with van der Waals surface area (Å²) in [6, 6.07) is 5.23. The molecule has 0 atom stereocenters. The van der Waals surface area contributed by atoms with Crippen LogP contribution in [0, 0.1) is 0 Å². The van der Waals surface area contributed by atoms with Gasteiger partial charge in [0.2, 0.25) is 0 Å². The third-order valence-corrected chi connectivity index (χ3v) is 2.97. The lowest BCUT2D eigenvalue weighted by molar-refractivity contribution is 0.0600. The molecule has 0 radical (unpaired) electrons. The van der Waals surface area contributed by atoms with E-state index in [2.05, 4.69) is 36.6 Å². The molecule has 0 aliphatic heterocycles. The molecule has 0 saturated heterocycles. The molecule has 1 aromatic rings. The Labute approximate surface area is 104 Å². The maximum atomic E-state index is 11.4. The van der Waals surface area contributed by atoms with Gasteiger partial charge in [0.25, 0.3) is 0 Å². The first kappa shape index (κ1) is 12.0. The third-order valence-electron chi connectivity index (χ3n) is 1.67. The number of rotatable bonds is 2. The number of carbonyl (C=O) groups excluding carboxylic acids is 1. The Balaban J connectivity index is 3.29. The summed E-state index contributed by atoms with van der Waals surface area (Å²) >= 11 is 12.5. The summed E-state index contributed by atoms with van der Waals surface area (Å²) in [5.41, 5.74) is 1.14. The number of halogens is 3. The number of methoxy groups -OCH3 is 1. The second-order valence-electron chi connectivity index (χ2n) is 2.50. The van der Waals surface area contributed by atoms with Crippen molar-refractivity contribution in [2.75, 3.05) is 7.11 Å². The fraction of sp³-hybridized carbons (Fsp3) is 0.222. The molecule has 76 valence electrons. The second-order valence-corrected chi connectivity index (χ2v) is 5.96. The minimum Gasteiger partial charge on any atom is -0.465 e. The zero-order valence-corrected chi connectivity index (χ0v) is 11.2. The Morgan fingerprint density at radius 2 is 2.14 bits per heavy atom. The molecule has 0 saturated carbocycles. The van der Waals surface area contributed by atoms with Crippen LogP contribution >= 0.6 is 43.5 Å². The first-order valence-electron chi connectivity index (χ1n) is 3.72. The quantitative estimate of drug-likeness (QED) is 0.602. The molecule has 0 amide bonds. The van der Waals surface area contributed by atoms with Gasteiger partial charge < -0.3 is 4.74 Å². The van der Waals surface area contributed by atoms with E-state index in [4.69, 9.17) is 11.6 Å². The van der Waals surface area contributed by atoms with Crippen molar-refractivity contribution in [2.24, 2.45) is 0 Å². The highest BCUT2D eigenvalue weighted by Crippen LogP contribution is 2.34. The number of esters is 1. The number of ether oxygens (including phenoxy) is 1. The Kier molecular flexibility index (Phi) is 4.41. The van der Waals surface area contributed by atoms with Gasteiger partial charge in [0.05, 0.1) is 21.4 Å². The summed E-state index contributed by atoms with van der Waals surface area (Å²) in [5, 5.41) is 0.387. The van der Waals surface area contributed by atoms with E-state index in [1.807, 2.05) is 0 Å². The number of hydrogen-bond donors (Lipinski definition) is 0. The van der Waals surface area contributed by atoms with Gasteiger partial charge in [0.1, 0.15) is 0 Å². The predicted octanol–water partition coefficient (Wildman–Crippen LogP) is 3.92. The smallest absolute Gasteiger partial charge is 0.339 e. The highest BCUT2D eigenvalue weighted by atomic mass is 79.9. The molecule has 14 heavy (non-hydrogen) atoms. The first-order valence-corrected chi connectivity index (χ1v) is 5.93. The van der Waals surface area contributed by atoms with Gasteiger partial charge in [-0.2, -0.15) is 0 Å². The first-order chi connectivity index (χ1) is 6.57. The van der Waals surface area contributed by atoms with Crippen LogP contribution < -0.4 is 0 Å². The molecule has 2 nitrogen and oxygen atoms in total. The van der Waals surface area contributed by atoms with Crippen molar-refractivity contribution >= 4 is 49.4 Å². The van der Waals surface area contributed by atoms with Gasteiger partial charge in [-0.3, -0.25) is 0 Å². The lowest BCUT2D eigenvalue weighted by Crippen LogP contribution is -2.06. The second kappa shape index (κ2) is 5.14. The van der Waals surface area contributed by atoms with Crippen LogP contribution in [0.3, 0.4) is 0 Å². The van der Waals surface area contributed by atoms with Crippen LogP contribution in [0.25, 0.3) is 0 Å². The Bertz CT molecular complexity index is 353. The zero-order valence-electron chi connectivity index (χ0n) is 7.26. The maximum Gasteiger partial charge on any atom is 0.339 e. The summed E-state index contributed by atoms with van der Waals surface area (Å²) < 4.78 is 4.52. The van der Waals surface area contributed by atoms with Crippen LogP contribution in [-0.4, -0.2) is 13.1 Å². The molecule has 0 fully saturated rings. The fourth-order valence-corrected chi connectivity index (χ4v) is 2.06. The van der Waals surface area contributed by atoms with Gasteiger partial charge in [0.15, 0.2) is 0 Å². The van der Waals surface area contributed by atoms with Crippen molar-refractivity contribution in [3.05, 3.63) is 34.3 Å². The molecule has 0 heterocycles. The Morgan fingerprint density at radius 3 is 2.64 bits per heavy atom. The van der Waals surface area contributed by atoms with Crippen molar-refractivity contribution in [3.8, 4) is 0 Å². The summed E-state index contributed by atoms with van der Waals surface area (Å²) in [5.74, 6) is -0.436. The largest absolute Gasteiger partial charge is 0.465 e. The van der Waals surface area contributed by atoms with E-state index in [-0.39, 0.29) is 3.74 Å². The van der Waals surface area contributed by atoms with E-state index in [1.54, 1.807) is 18.2 Å². The highest BCUT2D eigenvalue weighted by Gasteiger charge is 2.18. The number of benzene rings is 1. The lowest BCUT2D eigenvalue weighted by Gasteiger charge is -2.09. The standard InChI is InChI=1S/C9H7Br2ClO2/c1-14-9(13)7-5(8(10)11)3-2-4-6(7)12/h2-4,8H,1H3. The summed E-state index contributed by atoms with van der Waals surface area (Å²) in [7, 11) is 1.33. The Hall–Kier alpha value is -0.0600. The van der Waals surface area contributed by atoms with Crippen molar-refractivity contribution in [3.63, 3.8) is 0 Å². The average molecular weight is 342 g/mol. The predicted molar refractivity (Wildman–Crippen MR) is 63.4 cm³/mol. The fourth-order valence-electron chi connectivity index (χ4n) is 1.04. The van der Waals surface area contributed by atoms with Crippen LogP contribution in [0.15, 0.2) is 18.2 Å². The number of hydrogen-bond acceptors (Lipinski definition) is 2. The molecule has 0 aromatic heterocycles.